The van der Waals surface area contributed by atoms with Gasteiger partial charge in [0.25, 0.3) is 0 Å². The van der Waals surface area contributed by atoms with Gasteiger partial charge in [-0.1, -0.05) is 6.42 Å². The lowest BCUT2D eigenvalue weighted by molar-refractivity contribution is 0.0714. The summed E-state index contributed by atoms with van der Waals surface area (Å²) in [7, 11) is 2.18. The van der Waals surface area contributed by atoms with Crippen molar-refractivity contribution < 1.29 is 9.84 Å². The molecule has 2 atom stereocenters. The number of rotatable bonds is 7. The van der Waals surface area contributed by atoms with Crippen molar-refractivity contribution in [3.05, 3.63) is 0 Å². The minimum absolute atomic E-state index is 0.126. The van der Waals surface area contributed by atoms with Crippen LogP contribution < -0.4 is 0 Å². The molecule has 3 nitrogen and oxygen atoms in total. The van der Waals surface area contributed by atoms with Crippen LogP contribution in [0.3, 0.4) is 0 Å². The second-order valence-electron chi connectivity index (χ2n) is 4.09. The maximum absolute atomic E-state index is 8.58. The Labute approximate surface area is 97.2 Å². The van der Waals surface area contributed by atoms with E-state index in [0.717, 1.165) is 24.4 Å². The van der Waals surface area contributed by atoms with Crippen LogP contribution in [0.4, 0.5) is 0 Å². The summed E-state index contributed by atoms with van der Waals surface area (Å²) in [5.41, 5.74) is 0. The van der Waals surface area contributed by atoms with Crippen molar-refractivity contribution in [3.8, 4) is 0 Å². The Morgan fingerprint density at radius 2 is 2.20 bits per heavy atom. The Balaban J connectivity index is 2.17. The molecule has 0 saturated heterocycles. The smallest absolute Gasteiger partial charge is 0.0698 e. The molecule has 0 heterocycles. The van der Waals surface area contributed by atoms with Crippen LogP contribution in [0, 0.1) is 0 Å². The van der Waals surface area contributed by atoms with E-state index in [9.17, 15) is 0 Å². The van der Waals surface area contributed by atoms with Crippen molar-refractivity contribution in [2.45, 2.75) is 30.6 Å². The van der Waals surface area contributed by atoms with Crippen LogP contribution in [-0.2, 0) is 4.74 Å². The molecule has 90 valence electrons. The summed E-state index contributed by atoms with van der Waals surface area (Å²) in [4.78, 5) is 2.41. The average molecular weight is 233 g/mol. The largest absolute Gasteiger partial charge is 0.394 e. The SMILES string of the molecule is CS[C@@H]1CCC[C@H]1N(C)CCOCCO. The molecule has 4 heteroatoms. The molecule has 1 fully saturated rings. The third-order valence-electron chi connectivity index (χ3n) is 3.11. The van der Waals surface area contributed by atoms with E-state index in [-0.39, 0.29) is 6.61 Å². The second-order valence-corrected chi connectivity index (χ2v) is 5.17. The van der Waals surface area contributed by atoms with E-state index in [1.165, 1.54) is 19.3 Å². The number of thioether (sulfide) groups is 1. The third-order valence-corrected chi connectivity index (χ3v) is 4.27. The van der Waals surface area contributed by atoms with E-state index in [4.69, 9.17) is 9.84 Å². The van der Waals surface area contributed by atoms with Crippen LogP contribution in [0.5, 0.6) is 0 Å². The third kappa shape index (κ3) is 4.31. The Morgan fingerprint density at radius 3 is 2.87 bits per heavy atom. The predicted molar refractivity (Wildman–Crippen MR) is 65.5 cm³/mol. The van der Waals surface area contributed by atoms with Gasteiger partial charge in [0.1, 0.15) is 0 Å². The van der Waals surface area contributed by atoms with Crippen molar-refractivity contribution >= 4 is 11.8 Å². The number of hydrogen-bond donors (Lipinski definition) is 1. The van der Waals surface area contributed by atoms with Crippen LogP contribution in [0.15, 0.2) is 0 Å². The van der Waals surface area contributed by atoms with Gasteiger partial charge >= 0.3 is 0 Å². The highest BCUT2D eigenvalue weighted by atomic mass is 32.2. The van der Waals surface area contributed by atoms with Crippen molar-refractivity contribution in [2.24, 2.45) is 0 Å². The van der Waals surface area contributed by atoms with E-state index in [2.05, 4.69) is 18.2 Å². The lowest BCUT2D eigenvalue weighted by Crippen LogP contribution is -2.38. The highest BCUT2D eigenvalue weighted by Gasteiger charge is 2.29. The first-order valence-electron chi connectivity index (χ1n) is 5.71. The van der Waals surface area contributed by atoms with E-state index in [0.29, 0.717) is 6.61 Å². The number of nitrogens with zero attached hydrogens (tertiary/aromatic N) is 1. The summed E-state index contributed by atoms with van der Waals surface area (Å²) >= 11 is 1.99. The molecule has 1 aliphatic carbocycles. The number of aliphatic hydroxyl groups is 1. The van der Waals surface area contributed by atoms with Crippen LogP contribution in [0.2, 0.25) is 0 Å². The quantitative estimate of drug-likeness (QED) is 0.670. The lowest BCUT2D eigenvalue weighted by atomic mass is 10.2. The first-order valence-corrected chi connectivity index (χ1v) is 7.00. The van der Waals surface area contributed by atoms with Gasteiger partial charge in [0.15, 0.2) is 0 Å². The van der Waals surface area contributed by atoms with E-state index in [1.54, 1.807) is 0 Å². The Bertz CT molecular complexity index is 169. The van der Waals surface area contributed by atoms with E-state index >= 15 is 0 Å². The maximum atomic E-state index is 8.58. The lowest BCUT2D eigenvalue weighted by Gasteiger charge is -2.28. The zero-order valence-corrected chi connectivity index (χ0v) is 10.6. The van der Waals surface area contributed by atoms with Gasteiger partial charge in [-0.25, -0.2) is 0 Å². The topological polar surface area (TPSA) is 32.7 Å². The van der Waals surface area contributed by atoms with Crippen LogP contribution in [0.25, 0.3) is 0 Å². The molecule has 1 saturated carbocycles. The van der Waals surface area contributed by atoms with Gasteiger partial charge in [-0.15, -0.1) is 0 Å². The zero-order valence-electron chi connectivity index (χ0n) is 9.82. The minimum atomic E-state index is 0.126. The fourth-order valence-corrected chi connectivity index (χ4v) is 3.29. The first-order chi connectivity index (χ1) is 7.29. The summed E-state index contributed by atoms with van der Waals surface area (Å²) in [5, 5.41) is 9.38. The maximum Gasteiger partial charge on any atom is 0.0698 e. The van der Waals surface area contributed by atoms with Crippen LogP contribution in [-0.4, -0.2) is 61.0 Å². The standard InChI is InChI=1S/C11H23NO2S/c1-12(6-8-14-9-7-13)10-4-3-5-11(10)15-2/h10-11,13H,3-9H2,1-2H3/t10-,11-/m1/s1. The molecular weight excluding hydrogens is 210 g/mol. The predicted octanol–water partition coefficient (Wildman–Crippen LogP) is 1.21. The molecule has 0 radical (unpaired) electrons. The van der Waals surface area contributed by atoms with Crippen molar-refractivity contribution in [2.75, 3.05) is 39.7 Å². The second kappa shape index (κ2) is 7.49. The molecule has 0 aromatic carbocycles. The van der Waals surface area contributed by atoms with E-state index < -0.39 is 0 Å². The molecule has 1 aliphatic rings. The summed E-state index contributed by atoms with van der Waals surface area (Å²) in [6.45, 7) is 2.29. The summed E-state index contributed by atoms with van der Waals surface area (Å²) in [6, 6.07) is 0.720. The van der Waals surface area contributed by atoms with E-state index in [1.807, 2.05) is 11.8 Å². The molecule has 0 aromatic heterocycles. The van der Waals surface area contributed by atoms with Crippen LogP contribution in [0.1, 0.15) is 19.3 Å². The molecular formula is C11H23NO2S. The monoisotopic (exact) mass is 233 g/mol. The van der Waals surface area contributed by atoms with Gasteiger partial charge in [0.2, 0.25) is 0 Å². The fraction of sp³-hybridized carbons (Fsp3) is 1.00. The zero-order chi connectivity index (χ0) is 11.1. The highest BCUT2D eigenvalue weighted by molar-refractivity contribution is 7.99. The Hall–Kier alpha value is 0.230. The molecule has 0 aromatic rings. The average Bonchev–Trinajstić information content (AvgIpc) is 2.72. The molecule has 0 bridgehead atoms. The Morgan fingerprint density at radius 1 is 1.40 bits per heavy atom. The highest BCUT2D eigenvalue weighted by Crippen LogP contribution is 2.31. The van der Waals surface area contributed by atoms with Gasteiger partial charge < -0.3 is 14.7 Å². The molecule has 0 aliphatic heterocycles. The van der Waals surface area contributed by atoms with Crippen LogP contribution >= 0.6 is 11.8 Å². The summed E-state index contributed by atoms with van der Waals surface area (Å²) in [6.07, 6.45) is 6.24. The number of likely N-dealkylation sites (N-methyl/N-ethyl adjacent to an activating group) is 1. The van der Waals surface area contributed by atoms with Crippen molar-refractivity contribution in [3.63, 3.8) is 0 Å². The molecule has 0 amide bonds. The molecule has 0 unspecified atom stereocenters. The summed E-state index contributed by atoms with van der Waals surface area (Å²) in [5.74, 6) is 0. The first kappa shape index (κ1) is 13.3. The number of aliphatic hydroxyl groups excluding tert-OH is 1. The van der Waals surface area contributed by atoms with Gasteiger partial charge in [0, 0.05) is 17.8 Å². The molecule has 0 spiro atoms. The van der Waals surface area contributed by atoms with Crippen molar-refractivity contribution in [1.82, 2.24) is 4.90 Å². The molecule has 1 rings (SSSR count). The van der Waals surface area contributed by atoms with Gasteiger partial charge in [-0.3, -0.25) is 0 Å². The number of ether oxygens (including phenoxy) is 1. The van der Waals surface area contributed by atoms with Gasteiger partial charge in [-0.05, 0) is 26.1 Å². The fourth-order valence-electron chi connectivity index (χ4n) is 2.23. The van der Waals surface area contributed by atoms with Crippen molar-refractivity contribution in [1.29, 1.82) is 0 Å². The molecule has 15 heavy (non-hydrogen) atoms. The number of hydrogen-bond acceptors (Lipinski definition) is 4. The van der Waals surface area contributed by atoms with Gasteiger partial charge in [-0.2, -0.15) is 11.8 Å². The Kier molecular flexibility index (Phi) is 6.64. The normalized spacial score (nSPS) is 26.4. The minimum Gasteiger partial charge on any atom is -0.394 e. The summed E-state index contributed by atoms with van der Waals surface area (Å²) < 4.78 is 5.28. The molecule has 1 N–H and O–H groups in total. The van der Waals surface area contributed by atoms with Gasteiger partial charge in [0.05, 0.1) is 19.8 Å².